The maximum Gasteiger partial charge on any atom is 0.339 e. The smallest absolute Gasteiger partial charge is 0.339 e. The maximum absolute atomic E-state index is 12.2. The number of ether oxygens (including phenoxy) is 2. The van der Waals surface area contributed by atoms with Crippen molar-refractivity contribution >= 4 is 17.9 Å². The molecule has 0 aromatic heterocycles. The molecular weight excluding hydrogens is 372 g/mol. The first-order chi connectivity index (χ1) is 13.7. The van der Waals surface area contributed by atoms with E-state index in [0.717, 1.165) is 38.5 Å². The van der Waals surface area contributed by atoms with Crippen LogP contribution in [0, 0.1) is 0 Å². The van der Waals surface area contributed by atoms with E-state index < -0.39 is 17.9 Å². The normalized spacial score (nSPS) is 16.1. The number of carboxylic acid groups (broad SMARTS) is 1. The van der Waals surface area contributed by atoms with Crippen LogP contribution < -0.4 is 9.47 Å². The minimum Gasteiger partial charge on any atom is -0.478 e. The number of carbonyl (C=O) groups excluding carboxylic acids is 2. The van der Waals surface area contributed by atoms with Crippen LogP contribution in [-0.4, -0.2) is 23.0 Å². The summed E-state index contributed by atoms with van der Waals surface area (Å²) in [7, 11) is 0. The van der Waals surface area contributed by atoms with Gasteiger partial charge in [-0.25, -0.2) is 4.79 Å². The third-order valence-corrected chi connectivity index (χ3v) is 5.07. The van der Waals surface area contributed by atoms with Crippen LogP contribution in [0.25, 0.3) is 0 Å². The van der Waals surface area contributed by atoms with Crippen LogP contribution in [-0.2, 0) is 16.0 Å². The molecule has 2 rings (SSSR count). The molecule has 0 amide bonds. The Morgan fingerprint density at radius 1 is 1.14 bits per heavy atom. The number of unbranched alkanes of at least 4 members (excludes halogenated alkanes) is 2. The molecule has 1 atom stereocenters. The number of aryl methyl sites for hydroxylation is 1. The van der Waals surface area contributed by atoms with Crippen LogP contribution >= 0.6 is 0 Å². The average Bonchev–Trinajstić information content (AvgIpc) is 2.60. The number of benzene rings is 1. The zero-order valence-corrected chi connectivity index (χ0v) is 17.7. The van der Waals surface area contributed by atoms with E-state index in [1.807, 2.05) is 13.0 Å². The largest absolute Gasteiger partial charge is 0.478 e. The lowest BCUT2D eigenvalue weighted by Crippen LogP contribution is -2.17. The molecule has 158 valence electrons. The third kappa shape index (κ3) is 5.92. The van der Waals surface area contributed by atoms with Gasteiger partial charge in [0, 0.05) is 25.3 Å². The molecule has 0 saturated carbocycles. The third-order valence-electron chi connectivity index (χ3n) is 5.07. The predicted molar refractivity (Wildman–Crippen MR) is 110 cm³/mol. The molecule has 1 N–H and O–H groups in total. The number of allylic oxidation sites excluding steroid dienone is 2. The molecule has 1 aromatic carbocycles. The summed E-state index contributed by atoms with van der Waals surface area (Å²) >= 11 is 0. The standard InChI is InChI=1S/C23H30O6/c1-5-6-7-10-18-13-19(28-15(3)24)20(17-11-8-9-14(2)12-17)22(29-16(4)25)21(18)23(26)27/h12-13,17H,5-11H2,1-4H3,(H,26,27)/t17-/m0/s1. The molecule has 0 fully saturated rings. The molecule has 1 aliphatic rings. The van der Waals surface area contributed by atoms with Gasteiger partial charge in [-0.2, -0.15) is 0 Å². The number of carboxylic acids is 1. The summed E-state index contributed by atoms with van der Waals surface area (Å²) in [6.45, 7) is 6.62. The van der Waals surface area contributed by atoms with Crippen LogP contribution in [0.3, 0.4) is 0 Å². The van der Waals surface area contributed by atoms with Gasteiger partial charge in [-0.15, -0.1) is 0 Å². The van der Waals surface area contributed by atoms with Crippen molar-refractivity contribution in [2.75, 3.05) is 0 Å². The van der Waals surface area contributed by atoms with Crippen molar-refractivity contribution < 1.29 is 29.0 Å². The zero-order valence-electron chi connectivity index (χ0n) is 17.7. The van der Waals surface area contributed by atoms with Gasteiger partial charge in [0.1, 0.15) is 11.3 Å². The second-order valence-corrected chi connectivity index (χ2v) is 7.61. The van der Waals surface area contributed by atoms with Gasteiger partial charge < -0.3 is 14.6 Å². The molecule has 0 aliphatic heterocycles. The Hall–Kier alpha value is -2.63. The molecule has 1 aliphatic carbocycles. The number of hydrogen-bond acceptors (Lipinski definition) is 5. The van der Waals surface area contributed by atoms with Crippen molar-refractivity contribution in [1.82, 2.24) is 0 Å². The SMILES string of the molecule is CCCCCc1cc(OC(C)=O)c([C@@H]2C=C(C)CCC2)c(OC(C)=O)c1C(=O)O. The lowest BCUT2D eigenvalue weighted by Gasteiger charge is -2.26. The highest BCUT2D eigenvalue weighted by atomic mass is 16.5. The van der Waals surface area contributed by atoms with E-state index in [2.05, 4.69) is 6.92 Å². The second kappa shape index (κ2) is 10.2. The quantitative estimate of drug-likeness (QED) is 0.279. The van der Waals surface area contributed by atoms with Gasteiger partial charge in [0.25, 0.3) is 0 Å². The minimum absolute atomic E-state index is 0.00574. The van der Waals surface area contributed by atoms with E-state index in [4.69, 9.17) is 9.47 Å². The molecule has 0 saturated heterocycles. The number of rotatable bonds is 8. The van der Waals surface area contributed by atoms with Crippen molar-refractivity contribution in [2.24, 2.45) is 0 Å². The number of carbonyl (C=O) groups is 3. The number of esters is 2. The van der Waals surface area contributed by atoms with Gasteiger partial charge in [0.2, 0.25) is 0 Å². The van der Waals surface area contributed by atoms with Gasteiger partial charge in [0.15, 0.2) is 5.75 Å². The topological polar surface area (TPSA) is 89.9 Å². The Kier molecular flexibility index (Phi) is 8.00. The molecular formula is C23H30O6. The molecule has 6 nitrogen and oxygen atoms in total. The summed E-state index contributed by atoms with van der Waals surface area (Å²) in [6, 6.07) is 1.64. The van der Waals surface area contributed by atoms with E-state index >= 15 is 0 Å². The summed E-state index contributed by atoms with van der Waals surface area (Å²) in [6.07, 6.45) is 7.90. The second-order valence-electron chi connectivity index (χ2n) is 7.61. The van der Waals surface area contributed by atoms with Crippen molar-refractivity contribution in [2.45, 2.75) is 78.6 Å². The Bertz CT molecular complexity index is 821. The first-order valence-corrected chi connectivity index (χ1v) is 10.2. The molecule has 6 heteroatoms. The molecule has 0 radical (unpaired) electrons. The van der Waals surface area contributed by atoms with E-state index in [1.165, 1.54) is 19.4 Å². The number of hydrogen-bond donors (Lipinski definition) is 1. The van der Waals surface area contributed by atoms with Crippen LogP contribution in [0.15, 0.2) is 17.7 Å². The molecule has 0 bridgehead atoms. The molecule has 0 unspecified atom stereocenters. The number of aromatic carboxylic acids is 1. The highest BCUT2D eigenvalue weighted by Gasteiger charge is 2.31. The first kappa shape index (κ1) is 22.7. The predicted octanol–water partition coefficient (Wildman–Crippen LogP) is 5.18. The van der Waals surface area contributed by atoms with Crippen molar-refractivity contribution in [3.8, 4) is 11.5 Å². The van der Waals surface area contributed by atoms with Gasteiger partial charge >= 0.3 is 17.9 Å². The summed E-state index contributed by atoms with van der Waals surface area (Å²) in [5.41, 5.74) is 2.14. The Labute approximate surface area is 171 Å². The monoisotopic (exact) mass is 402 g/mol. The summed E-state index contributed by atoms with van der Waals surface area (Å²) in [4.78, 5) is 35.8. The first-order valence-electron chi connectivity index (χ1n) is 10.2. The van der Waals surface area contributed by atoms with Crippen molar-refractivity contribution in [3.63, 3.8) is 0 Å². The van der Waals surface area contributed by atoms with Gasteiger partial charge in [0.05, 0.1) is 0 Å². The van der Waals surface area contributed by atoms with E-state index in [9.17, 15) is 19.5 Å². The van der Waals surface area contributed by atoms with Crippen molar-refractivity contribution in [3.05, 3.63) is 34.4 Å². The molecule has 0 heterocycles. The summed E-state index contributed by atoms with van der Waals surface area (Å²) < 4.78 is 10.9. The molecule has 1 aromatic rings. The van der Waals surface area contributed by atoms with Gasteiger partial charge in [-0.1, -0.05) is 31.4 Å². The summed E-state index contributed by atoms with van der Waals surface area (Å²) in [5.74, 6) is -2.16. The molecule has 29 heavy (non-hydrogen) atoms. The lowest BCUT2D eigenvalue weighted by molar-refractivity contribution is -0.132. The van der Waals surface area contributed by atoms with Crippen LogP contribution in [0.2, 0.25) is 0 Å². The highest BCUT2D eigenvalue weighted by Crippen LogP contribution is 2.45. The van der Waals surface area contributed by atoms with Crippen LogP contribution in [0.4, 0.5) is 0 Å². The van der Waals surface area contributed by atoms with E-state index in [1.54, 1.807) is 6.07 Å². The maximum atomic E-state index is 12.2. The Morgan fingerprint density at radius 2 is 1.83 bits per heavy atom. The van der Waals surface area contributed by atoms with E-state index in [-0.39, 0.29) is 23.0 Å². The highest BCUT2D eigenvalue weighted by molar-refractivity contribution is 5.95. The molecule has 0 spiro atoms. The van der Waals surface area contributed by atoms with Gasteiger partial charge in [-0.3, -0.25) is 9.59 Å². The fourth-order valence-corrected chi connectivity index (χ4v) is 3.88. The Morgan fingerprint density at radius 3 is 2.38 bits per heavy atom. The minimum atomic E-state index is -1.15. The Balaban J connectivity index is 2.76. The van der Waals surface area contributed by atoms with Crippen LogP contribution in [0.1, 0.15) is 93.6 Å². The van der Waals surface area contributed by atoms with Crippen LogP contribution in [0.5, 0.6) is 11.5 Å². The van der Waals surface area contributed by atoms with Gasteiger partial charge in [-0.05, 0) is 50.7 Å². The zero-order chi connectivity index (χ0) is 21.6. The van der Waals surface area contributed by atoms with E-state index in [0.29, 0.717) is 17.5 Å². The fraction of sp³-hybridized carbons (Fsp3) is 0.522. The lowest BCUT2D eigenvalue weighted by atomic mass is 9.83. The summed E-state index contributed by atoms with van der Waals surface area (Å²) in [5, 5.41) is 9.95. The van der Waals surface area contributed by atoms with Crippen molar-refractivity contribution in [1.29, 1.82) is 0 Å². The average molecular weight is 402 g/mol. The fourth-order valence-electron chi connectivity index (χ4n) is 3.88.